The molecule has 462 valence electrons. The lowest BCUT2D eigenvalue weighted by Gasteiger charge is -2.50. The van der Waals surface area contributed by atoms with Crippen LogP contribution in [0.1, 0.15) is 0 Å². The van der Waals surface area contributed by atoms with Crippen LogP contribution in [-0.4, -0.2) is 378 Å². The molecule has 0 amide bonds. The van der Waals surface area contributed by atoms with Crippen molar-refractivity contribution in [3.8, 4) is 0 Å². The van der Waals surface area contributed by atoms with E-state index in [4.69, 9.17) is 56.8 Å². The number of hydrogen-bond donors (Lipinski definition) is 23. The predicted molar refractivity (Wildman–Crippen MR) is 232 cm³/mol. The van der Waals surface area contributed by atoms with Crippen LogP contribution in [0.25, 0.3) is 0 Å². The Morgan fingerprint density at radius 1 is 0.354 bits per heavy atom. The van der Waals surface area contributed by atoms with Gasteiger partial charge in [0.2, 0.25) is 0 Å². The first kappa shape index (κ1) is 66.2. The zero-order chi connectivity index (χ0) is 58.6. The van der Waals surface area contributed by atoms with E-state index in [1.165, 1.54) is 0 Å². The zero-order valence-corrected chi connectivity index (χ0v) is 41.1. The Morgan fingerprint density at radius 3 is 0.848 bits per heavy atom. The van der Waals surface area contributed by atoms with E-state index in [2.05, 4.69) is 0 Å². The zero-order valence-electron chi connectivity index (χ0n) is 41.1. The molecule has 6 aliphatic heterocycles. The van der Waals surface area contributed by atoms with Gasteiger partial charge in [0.05, 0.1) is 52.2 Å². The molecule has 37 nitrogen and oxygen atoms in total. The second-order valence-electron chi connectivity index (χ2n) is 19.3. The van der Waals surface area contributed by atoms with Gasteiger partial charge in [0.1, 0.15) is 171 Å². The lowest BCUT2D eigenvalue weighted by Crippen LogP contribution is -2.68. The number of aliphatic hydroxyl groups excluding tert-OH is 23. The smallest absolute Gasteiger partial charge is 0.187 e. The molecule has 6 saturated heterocycles. The maximum atomic E-state index is 11.3. The van der Waals surface area contributed by atoms with Crippen LogP contribution in [0.15, 0.2) is 0 Å². The average Bonchev–Trinajstić information content (AvgIpc) is 3.54. The lowest BCUT2D eigenvalue weighted by atomic mass is 9.95. The number of carboxylic acids is 1. The van der Waals surface area contributed by atoms with Gasteiger partial charge in [-0.2, -0.15) is 0 Å². The van der Waals surface area contributed by atoms with Crippen LogP contribution in [0, 0.1) is 0 Å². The summed E-state index contributed by atoms with van der Waals surface area (Å²) in [6.45, 7) is -7.41. The van der Waals surface area contributed by atoms with Gasteiger partial charge in [0.15, 0.2) is 37.7 Å². The van der Waals surface area contributed by atoms with Gasteiger partial charge < -0.3 is 184 Å². The summed E-state index contributed by atoms with van der Waals surface area (Å²) in [5.74, 6) is -2.24. The first-order valence-corrected chi connectivity index (χ1v) is 24.6. The topological polar surface area (TPSA) is 616 Å². The Bertz CT molecular complexity index is 1840. The van der Waals surface area contributed by atoms with Crippen LogP contribution < -0.4 is 5.11 Å². The van der Waals surface area contributed by atoms with Crippen LogP contribution in [0.2, 0.25) is 0 Å². The highest BCUT2D eigenvalue weighted by molar-refractivity contribution is 5.70. The standard InChI is InChI=1S/C42H72O37/c43-1-8(50)30(17(53)23(59)36(66)67)74-38-25(61)18(54)32(10(3-45)69-38)76-40-27(63)20(56)34(12(5-47)71-40)78-42-29(65)22(58)35(14(7-49)73-42)79-41-28(64)21(57)33(13(6-48)72-41)77-39-26(62)19(55)31(11(4-46)70-39)75-37-24(60)16(52)15(51)9(2-44)68-37/h8-35,37-65H,1-7H2,(H,66,67)/p-1/t8-,9-,10-,11-,12-,13-,14-,15-,16+,17-,18-,19-,20-,21-,22-,23-,24-,25-,26-,27-,28-,29-,30-,31-,32-,33-,34-,35-,37-,38-,39-,40-,41-,42-/m1/s1. The molecular weight excluding hydrogens is 1100 g/mol. The van der Waals surface area contributed by atoms with Crippen LogP contribution in [-0.2, 0) is 61.6 Å². The summed E-state index contributed by atoms with van der Waals surface area (Å²) < 4.78 is 66.2. The third-order valence-corrected chi connectivity index (χ3v) is 14.2. The van der Waals surface area contributed by atoms with Crippen LogP contribution in [0.5, 0.6) is 0 Å². The van der Waals surface area contributed by atoms with E-state index < -0.39 is 261 Å². The third kappa shape index (κ3) is 14.1. The predicted octanol–water partition coefficient (Wildman–Crippen LogP) is -17.9. The van der Waals surface area contributed by atoms with Gasteiger partial charge in [-0.3, -0.25) is 0 Å². The van der Waals surface area contributed by atoms with E-state index in [9.17, 15) is 127 Å². The molecule has 6 aliphatic rings. The van der Waals surface area contributed by atoms with Gasteiger partial charge in [-0.15, -0.1) is 0 Å². The van der Waals surface area contributed by atoms with Crippen LogP contribution >= 0.6 is 0 Å². The van der Waals surface area contributed by atoms with Crippen molar-refractivity contribution in [1.29, 1.82) is 0 Å². The molecule has 0 aliphatic carbocycles. The highest BCUT2D eigenvalue weighted by Gasteiger charge is 2.58. The number of rotatable bonds is 23. The summed E-state index contributed by atoms with van der Waals surface area (Å²) in [5.41, 5.74) is 0. The second kappa shape index (κ2) is 28.8. The van der Waals surface area contributed by atoms with Crippen molar-refractivity contribution in [3.05, 3.63) is 0 Å². The minimum Gasteiger partial charge on any atom is -0.547 e. The molecule has 6 heterocycles. The summed E-state index contributed by atoms with van der Waals surface area (Å²) in [7, 11) is 0. The Balaban J connectivity index is 1.06. The Morgan fingerprint density at radius 2 is 0.595 bits per heavy atom. The van der Waals surface area contributed by atoms with Gasteiger partial charge >= 0.3 is 0 Å². The maximum absolute atomic E-state index is 11.3. The van der Waals surface area contributed by atoms with Gasteiger partial charge in [-0.25, -0.2) is 0 Å². The number of ether oxygens (including phenoxy) is 12. The number of carbonyl (C=O) groups excluding carboxylic acids is 1. The maximum Gasteiger partial charge on any atom is 0.187 e. The number of aliphatic carboxylic acids is 1. The Hall–Kier alpha value is -1.93. The SMILES string of the molecule is O=C([O-])[C@H](O)[C@@H](O)[C@H](O[C@H]1O[C@H](CO)[C@@H](O[C@H]2O[C@H](CO)[C@@H](O[C@H]3O[C@H](CO)[C@@H](O[C@H]4O[C@H](CO)[C@@H](O[C@H]5O[C@H](CO)[C@@H](O[C@H]6O[C@H](CO)[C@@H](O)[C@H](O)[C@H]6O)[C@H](O)[C@H]5O)[C@H](O)[C@H]4O)[C@H](O)[C@H]3O)[C@H](O)[C@H]2O)[C@H](O)[C@H]1O)[C@H](O)CO. The average molecular weight is 1170 g/mol. The molecule has 0 saturated carbocycles. The number of aliphatic hydroxyl groups is 23. The highest BCUT2D eigenvalue weighted by atomic mass is 16.8. The molecule has 0 aromatic carbocycles. The van der Waals surface area contributed by atoms with E-state index in [1.54, 1.807) is 0 Å². The first-order chi connectivity index (χ1) is 37.3. The molecule has 0 radical (unpaired) electrons. The summed E-state index contributed by atoms with van der Waals surface area (Å²) in [4.78, 5) is 11.1. The molecule has 0 unspecified atom stereocenters. The van der Waals surface area contributed by atoms with Gasteiger partial charge in [0, 0.05) is 0 Å². The van der Waals surface area contributed by atoms with E-state index in [0.717, 1.165) is 0 Å². The van der Waals surface area contributed by atoms with Gasteiger partial charge in [-0.05, 0) is 0 Å². The quantitative estimate of drug-likeness (QED) is 0.0452. The normalized spacial score (nSPS) is 48.7. The minimum atomic E-state index is -2.72. The van der Waals surface area contributed by atoms with E-state index >= 15 is 0 Å². The van der Waals surface area contributed by atoms with Crippen molar-refractivity contribution in [2.24, 2.45) is 0 Å². The summed E-state index contributed by atoms with van der Waals surface area (Å²) in [6.07, 6.45) is -69.5. The number of hydrogen-bond acceptors (Lipinski definition) is 37. The summed E-state index contributed by atoms with van der Waals surface area (Å²) in [5, 5.41) is 253. The molecule has 6 fully saturated rings. The van der Waals surface area contributed by atoms with Gasteiger partial charge in [0.25, 0.3) is 0 Å². The second-order valence-corrected chi connectivity index (χ2v) is 19.3. The molecule has 0 aromatic heterocycles. The molecule has 23 N–H and O–H groups in total. The lowest BCUT2D eigenvalue weighted by molar-refractivity contribution is -0.397. The van der Waals surface area contributed by atoms with Crippen molar-refractivity contribution in [3.63, 3.8) is 0 Å². The number of carboxylic acid groups (broad SMARTS) is 1. The molecular formula is C42H71O37-. The van der Waals surface area contributed by atoms with Gasteiger partial charge in [-0.1, -0.05) is 0 Å². The van der Waals surface area contributed by atoms with Crippen molar-refractivity contribution >= 4 is 5.97 Å². The largest absolute Gasteiger partial charge is 0.547 e. The molecule has 0 bridgehead atoms. The fourth-order valence-electron chi connectivity index (χ4n) is 9.60. The summed E-state index contributed by atoms with van der Waals surface area (Å²) >= 11 is 0. The Labute approximate surface area is 444 Å². The van der Waals surface area contributed by atoms with E-state index in [1.807, 2.05) is 0 Å². The van der Waals surface area contributed by atoms with Crippen molar-refractivity contribution < 1.29 is 184 Å². The van der Waals surface area contributed by atoms with Crippen LogP contribution in [0.4, 0.5) is 0 Å². The van der Waals surface area contributed by atoms with E-state index in [0.29, 0.717) is 0 Å². The number of carbonyl (C=O) groups is 1. The Kier molecular flexibility index (Phi) is 24.1. The van der Waals surface area contributed by atoms with Crippen molar-refractivity contribution in [2.75, 3.05) is 46.2 Å². The molecule has 6 rings (SSSR count). The molecule has 0 aromatic rings. The van der Waals surface area contributed by atoms with E-state index in [-0.39, 0.29) is 0 Å². The fraction of sp³-hybridized carbons (Fsp3) is 0.976. The fourth-order valence-corrected chi connectivity index (χ4v) is 9.60. The molecule has 79 heavy (non-hydrogen) atoms. The molecule has 34 atom stereocenters. The summed E-state index contributed by atoms with van der Waals surface area (Å²) in [6, 6.07) is 0. The van der Waals surface area contributed by atoms with Crippen LogP contribution in [0.3, 0.4) is 0 Å². The third-order valence-electron chi connectivity index (χ3n) is 14.2. The molecule has 37 heteroatoms. The van der Waals surface area contributed by atoms with Crippen molar-refractivity contribution in [1.82, 2.24) is 0 Å². The molecule has 0 spiro atoms. The van der Waals surface area contributed by atoms with Crippen molar-refractivity contribution in [2.45, 2.75) is 209 Å². The first-order valence-electron chi connectivity index (χ1n) is 24.6. The monoisotopic (exact) mass is 1170 g/mol. The minimum absolute atomic E-state index is 0.851. The highest BCUT2D eigenvalue weighted by Crippen LogP contribution is 2.37.